The number of aliphatic hydroxyl groups excluding tert-OH is 1. The molecular weight excluding hydrogens is 262 g/mol. The molecule has 1 heterocycles. The first-order valence-corrected chi connectivity index (χ1v) is 7.84. The van der Waals surface area contributed by atoms with E-state index in [2.05, 4.69) is 29.2 Å². The molecule has 1 saturated heterocycles. The van der Waals surface area contributed by atoms with Gasteiger partial charge in [0, 0.05) is 25.0 Å². The minimum Gasteiger partial charge on any atom is -0.493 e. The van der Waals surface area contributed by atoms with Gasteiger partial charge in [-0.25, -0.2) is 0 Å². The number of ether oxygens (including phenoxy) is 1. The lowest BCUT2D eigenvalue weighted by Gasteiger charge is -2.29. The van der Waals surface area contributed by atoms with Crippen molar-refractivity contribution in [3.05, 3.63) is 42.5 Å². The molecule has 1 aliphatic heterocycles. The van der Waals surface area contributed by atoms with Gasteiger partial charge in [-0.05, 0) is 30.7 Å². The Labute approximate surface area is 126 Å². The smallest absolute Gasteiger partial charge is 0.127 e. The van der Waals surface area contributed by atoms with Crippen LogP contribution in [0.1, 0.15) is 19.3 Å². The van der Waals surface area contributed by atoms with E-state index in [9.17, 15) is 5.11 Å². The van der Waals surface area contributed by atoms with Crippen LogP contribution in [0.3, 0.4) is 0 Å². The van der Waals surface area contributed by atoms with Crippen LogP contribution < -0.4 is 4.74 Å². The fourth-order valence-corrected chi connectivity index (χ4v) is 2.93. The average molecular weight is 285 g/mol. The van der Waals surface area contributed by atoms with Crippen LogP contribution in [0, 0.1) is 0 Å². The van der Waals surface area contributed by atoms with Crippen LogP contribution in [0.2, 0.25) is 0 Å². The highest BCUT2D eigenvalue weighted by Crippen LogP contribution is 2.25. The van der Waals surface area contributed by atoms with Gasteiger partial charge in [-0.15, -0.1) is 0 Å². The van der Waals surface area contributed by atoms with Crippen LogP contribution >= 0.6 is 0 Å². The minimum absolute atomic E-state index is 0.0896. The molecule has 0 radical (unpaired) electrons. The normalized spacial score (nSPS) is 17.2. The largest absolute Gasteiger partial charge is 0.493 e. The minimum atomic E-state index is -0.0896. The Morgan fingerprint density at radius 3 is 2.67 bits per heavy atom. The van der Waals surface area contributed by atoms with Gasteiger partial charge in [-0.3, -0.25) is 0 Å². The molecule has 0 spiro atoms. The molecule has 0 unspecified atom stereocenters. The van der Waals surface area contributed by atoms with Crippen LogP contribution in [-0.4, -0.2) is 42.4 Å². The Hall–Kier alpha value is -1.58. The number of hydrogen-bond donors (Lipinski definition) is 1. The van der Waals surface area contributed by atoms with Gasteiger partial charge in [0.25, 0.3) is 0 Å². The van der Waals surface area contributed by atoms with Crippen LogP contribution in [0.25, 0.3) is 10.8 Å². The van der Waals surface area contributed by atoms with E-state index in [4.69, 9.17) is 4.74 Å². The molecule has 0 aromatic heterocycles. The molecule has 0 bridgehead atoms. The number of aliphatic hydroxyl groups is 1. The maximum atomic E-state index is 9.50. The Bertz CT molecular complexity index is 571. The van der Waals surface area contributed by atoms with E-state index in [0.717, 1.165) is 51.3 Å². The van der Waals surface area contributed by atoms with Crippen molar-refractivity contribution in [2.75, 3.05) is 26.2 Å². The molecule has 21 heavy (non-hydrogen) atoms. The lowest BCUT2D eigenvalue weighted by molar-refractivity contribution is 0.0800. The topological polar surface area (TPSA) is 32.7 Å². The summed E-state index contributed by atoms with van der Waals surface area (Å²) in [6.45, 7) is 3.81. The SMILES string of the molecule is OC1CCN(CCCOc2cccc3ccccc23)CC1. The third-order valence-electron chi connectivity index (χ3n) is 4.18. The number of benzene rings is 2. The lowest BCUT2D eigenvalue weighted by Crippen LogP contribution is -2.36. The quantitative estimate of drug-likeness (QED) is 0.857. The van der Waals surface area contributed by atoms with Gasteiger partial charge in [0.2, 0.25) is 0 Å². The Morgan fingerprint density at radius 1 is 1.05 bits per heavy atom. The third kappa shape index (κ3) is 3.74. The van der Waals surface area contributed by atoms with Crippen LogP contribution in [0.4, 0.5) is 0 Å². The first kappa shape index (κ1) is 14.4. The zero-order valence-electron chi connectivity index (χ0n) is 12.4. The summed E-state index contributed by atoms with van der Waals surface area (Å²) in [5.74, 6) is 0.974. The van der Waals surface area contributed by atoms with Gasteiger partial charge in [0.05, 0.1) is 12.7 Å². The Balaban J connectivity index is 1.48. The van der Waals surface area contributed by atoms with Gasteiger partial charge in [-0.1, -0.05) is 36.4 Å². The van der Waals surface area contributed by atoms with Crippen LogP contribution in [-0.2, 0) is 0 Å². The standard InChI is InChI=1S/C18H23NO2/c20-16-9-12-19(13-10-16)11-4-14-21-18-8-3-6-15-5-1-2-7-17(15)18/h1-3,5-8,16,20H,4,9-14H2. The molecule has 112 valence electrons. The number of piperidine rings is 1. The monoisotopic (exact) mass is 285 g/mol. The third-order valence-corrected chi connectivity index (χ3v) is 4.18. The molecule has 2 aromatic rings. The van der Waals surface area contributed by atoms with Crippen LogP contribution in [0.5, 0.6) is 5.75 Å². The van der Waals surface area contributed by atoms with E-state index < -0.39 is 0 Å². The molecule has 0 amide bonds. The van der Waals surface area contributed by atoms with E-state index >= 15 is 0 Å². The molecule has 3 heteroatoms. The van der Waals surface area contributed by atoms with Crippen molar-refractivity contribution in [3.63, 3.8) is 0 Å². The highest BCUT2D eigenvalue weighted by atomic mass is 16.5. The van der Waals surface area contributed by atoms with E-state index in [1.54, 1.807) is 0 Å². The van der Waals surface area contributed by atoms with Gasteiger partial charge in [-0.2, -0.15) is 0 Å². The number of fused-ring (bicyclic) bond motifs is 1. The molecule has 0 aliphatic carbocycles. The zero-order chi connectivity index (χ0) is 14.5. The zero-order valence-corrected chi connectivity index (χ0v) is 12.4. The van der Waals surface area contributed by atoms with E-state index in [1.807, 2.05) is 18.2 Å². The molecule has 1 aliphatic rings. The molecule has 1 N–H and O–H groups in total. The first-order valence-electron chi connectivity index (χ1n) is 7.84. The van der Waals surface area contributed by atoms with E-state index in [0.29, 0.717) is 0 Å². The predicted molar refractivity (Wildman–Crippen MR) is 85.7 cm³/mol. The van der Waals surface area contributed by atoms with Crippen molar-refractivity contribution in [3.8, 4) is 5.75 Å². The molecule has 3 nitrogen and oxygen atoms in total. The van der Waals surface area contributed by atoms with E-state index in [-0.39, 0.29) is 6.10 Å². The van der Waals surface area contributed by atoms with E-state index in [1.165, 1.54) is 10.8 Å². The van der Waals surface area contributed by atoms with Crippen molar-refractivity contribution >= 4 is 10.8 Å². The maximum absolute atomic E-state index is 9.50. The van der Waals surface area contributed by atoms with Crippen molar-refractivity contribution in [1.29, 1.82) is 0 Å². The number of nitrogens with zero attached hydrogens (tertiary/aromatic N) is 1. The molecule has 2 aromatic carbocycles. The Kier molecular flexibility index (Phi) is 4.73. The predicted octanol–water partition coefficient (Wildman–Crippen LogP) is 3.07. The van der Waals surface area contributed by atoms with Crippen molar-refractivity contribution in [2.24, 2.45) is 0 Å². The van der Waals surface area contributed by atoms with Crippen molar-refractivity contribution in [1.82, 2.24) is 4.90 Å². The fraction of sp³-hybridized carbons (Fsp3) is 0.444. The van der Waals surface area contributed by atoms with Crippen molar-refractivity contribution < 1.29 is 9.84 Å². The van der Waals surface area contributed by atoms with Gasteiger partial charge >= 0.3 is 0 Å². The second kappa shape index (κ2) is 6.92. The van der Waals surface area contributed by atoms with Crippen LogP contribution in [0.15, 0.2) is 42.5 Å². The summed E-state index contributed by atoms with van der Waals surface area (Å²) in [6, 6.07) is 14.5. The maximum Gasteiger partial charge on any atom is 0.127 e. The highest BCUT2D eigenvalue weighted by Gasteiger charge is 2.16. The summed E-state index contributed by atoms with van der Waals surface area (Å²) < 4.78 is 5.96. The average Bonchev–Trinajstić information content (AvgIpc) is 2.53. The second-order valence-corrected chi connectivity index (χ2v) is 5.75. The number of rotatable bonds is 5. The summed E-state index contributed by atoms with van der Waals surface area (Å²) >= 11 is 0. The summed E-state index contributed by atoms with van der Waals surface area (Å²) in [5, 5.41) is 11.9. The molecule has 1 fully saturated rings. The summed E-state index contributed by atoms with van der Waals surface area (Å²) in [6.07, 6.45) is 2.75. The first-order chi connectivity index (χ1) is 10.3. The lowest BCUT2D eigenvalue weighted by atomic mass is 10.1. The van der Waals surface area contributed by atoms with Gasteiger partial charge in [0.1, 0.15) is 5.75 Å². The van der Waals surface area contributed by atoms with Crippen molar-refractivity contribution in [2.45, 2.75) is 25.4 Å². The molecular formula is C18H23NO2. The highest BCUT2D eigenvalue weighted by molar-refractivity contribution is 5.88. The number of likely N-dealkylation sites (tertiary alicyclic amines) is 1. The van der Waals surface area contributed by atoms with Gasteiger partial charge < -0.3 is 14.7 Å². The van der Waals surface area contributed by atoms with Gasteiger partial charge in [0.15, 0.2) is 0 Å². The summed E-state index contributed by atoms with van der Waals surface area (Å²) in [7, 11) is 0. The number of hydrogen-bond acceptors (Lipinski definition) is 3. The fourth-order valence-electron chi connectivity index (χ4n) is 2.93. The molecule has 0 atom stereocenters. The summed E-state index contributed by atoms with van der Waals surface area (Å²) in [4.78, 5) is 2.42. The molecule has 0 saturated carbocycles. The molecule has 3 rings (SSSR count). The summed E-state index contributed by atoms with van der Waals surface area (Å²) in [5.41, 5.74) is 0. The Morgan fingerprint density at radius 2 is 1.81 bits per heavy atom. The second-order valence-electron chi connectivity index (χ2n) is 5.75.